The third-order valence-electron chi connectivity index (χ3n) is 6.66. The lowest BCUT2D eigenvalue weighted by atomic mass is 9.90. The largest absolute Gasteiger partial charge is 0.381 e. The van der Waals surface area contributed by atoms with E-state index in [9.17, 15) is 4.79 Å². The summed E-state index contributed by atoms with van der Waals surface area (Å²) in [4.78, 5) is 19.4. The van der Waals surface area contributed by atoms with Gasteiger partial charge in [-0.3, -0.25) is 9.69 Å². The molecule has 0 atom stereocenters. The second kappa shape index (κ2) is 12.3. The number of nitrogens with zero attached hydrogens (tertiary/aromatic N) is 3. The first-order chi connectivity index (χ1) is 16.6. The number of piperidine rings is 1. The first-order valence-electron chi connectivity index (χ1n) is 12.2. The quantitative estimate of drug-likeness (QED) is 0.419. The van der Waals surface area contributed by atoms with Crippen molar-refractivity contribution in [1.82, 2.24) is 15.3 Å². The maximum absolute atomic E-state index is 12.6. The summed E-state index contributed by atoms with van der Waals surface area (Å²) in [5, 5.41) is 8.77. The Morgan fingerprint density at radius 2 is 1.91 bits per heavy atom. The highest BCUT2D eigenvalue weighted by Gasteiger charge is 2.23. The average Bonchev–Trinajstić information content (AvgIpc) is 2.87. The molecule has 0 radical (unpaired) electrons. The molecule has 2 aliphatic heterocycles. The molecule has 4 rings (SSSR count). The molecule has 2 saturated heterocycles. The number of amides is 1. The van der Waals surface area contributed by atoms with Crippen molar-refractivity contribution in [3.8, 4) is 0 Å². The number of rotatable bonds is 8. The molecule has 7 nitrogen and oxygen atoms in total. The number of hydrazone groups is 1. The number of likely N-dealkylation sites (tertiary alicyclic amines) is 1. The van der Waals surface area contributed by atoms with E-state index in [1.165, 1.54) is 5.56 Å². The number of carbonyl (C=O) groups excluding carboxylic acids is 1. The van der Waals surface area contributed by atoms with Gasteiger partial charge in [0, 0.05) is 42.5 Å². The summed E-state index contributed by atoms with van der Waals surface area (Å²) in [6, 6.07) is 12.1. The average molecular weight is 484 g/mol. The van der Waals surface area contributed by atoms with Crippen LogP contribution in [0.1, 0.15) is 55.1 Å². The lowest BCUT2D eigenvalue weighted by molar-refractivity contribution is 0.0904. The van der Waals surface area contributed by atoms with E-state index in [0.29, 0.717) is 17.7 Å². The van der Waals surface area contributed by atoms with Crippen molar-refractivity contribution in [2.24, 2.45) is 11.0 Å². The molecule has 8 heteroatoms. The highest BCUT2D eigenvalue weighted by molar-refractivity contribution is 6.31. The number of hydrogen-bond acceptors (Lipinski definition) is 6. The molecule has 0 spiro atoms. The molecule has 1 aromatic carbocycles. The van der Waals surface area contributed by atoms with Crippen LogP contribution < -0.4 is 10.7 Å². The number of anilines is 1. The molecular formula is C26H34ClN5O2. The summed E-state index contributed by atoms with van der Waals surface area (Å²) in [5.41, 5.74) is 6.23. The van der Waals surface area contributed by atoms with E-state index in [-0.39, 0.29) is 5.91 Å². The number of carbonyl (C=O) groups is 1. The second-order valence-electron chi connectivity index (χ2n) is 9.00. The molecule has 0 unspecified atom stereocenters. The van der Waals surface area contributed by atoms with Crippen LogP contribution in [0.25, 0.3) is 0 Å². The summed E-state index contributed by atoms with van der Waals surface area (Å²) < 4.78 is 5.39. The Morgan fingerprint density at radius 1 is 1.15 bits per heavy atom. The third-order valence-corrected chi connectivity index (χ3v) is 7.03. The van der Waals surface area contributed by atoms with Crippen molar-refractivity contribution in [3.63, 3.8) is 0 Å². The Kier molecular flexibility index (Phi) is 8.91. The van der Waals surface area contributed by atoms with Gasteiger partial charge in [-0.05, 0) is 69.0 Å². The standard InChI is InChI=1S/C26H34ClN5O2/c1-2-24(19-9-13-32(14-10-19)18-20-5-3-4-6-23(20)27)30-31-26(33)25-8-7-22(17-28-25)29-21-11-15-34-16-12-21/h3-8,17,19,21,29H,2,9-16,18H2,1H3,(H,31,33). The van der Waals surface area contributed by atoms with E-state index < -0.39 is 0 Å². The number of halogens is 1. The van der Waals surface area contributed by atoms with E-state index >= 15 is 0 Å². The van der Waals surface area contributed by atoms with Gasteiger partial charge in [-0.1, -0.05) is 36.7 Å². The monoisotopic (exact) mass is 483 g/mol. The third kappa shape index (κ3) is 6.78. The van der Waals surface area contributed by atoms with E-state index in [4.69, 9.17) is 16.3 Å². The fourth-order valence-corrected chi connectivity index (χ4v) is 4.82. The smallest absolute Gasteiger partial charge is 0.289 e. The van der Waals surface area contributed by atoms with Crippen molar-refractivity contribution in [1.29, 1.82) is 0 Å². The molecule has 2 N–H and O–H groups in total. The molecule has 0 aliphatic carbocycles. The molecular weight excluding hydrogens is 450 g/mol. The van der Waals surface area contributed by atoms with Gasteiger partial charge in [0.15, 0.2) is 0 Å². The van der Waals surface area contributed by atoms with Crippen LogP contribution in [-0.2, 0) is 11.3 Å². The van der Waals surface area contributed by atoms with Gasteiger partial charge in [-0.15, -0.1) is 0 Å². The topological polar surface area (TPSA) is 78.8 Å². The van der Waals surface area contributed by atoms with Crippen molar-refractivity contribution in [3.05, 3.63) is 58.9 Å². The molecule has 3 heterocycles. The fourth-order valence-electron chi connectivity index (χ4n) is 4.62. The van der Waals surface area contributed by atoms with Crippen molar-refractivity contribution >= 4 is 28.9 Å². The Hall–Kier alpha value is -2.48. The number of hydrogen-bond donors (Lipinski definition) is 2. The number of aromatic nitrogens is 1. The number of benzene rings is 1. The Balaban J connectivity index is 1.26. The molecule has 1 amide bonds. The molecule has 1 aromatic heterocycles. The van der Waals surface area contributed by atoms with Gasteiger partial charge < -0.3 is 10.1 Å². The Labute approximate surface area is 206 Å². The molecule has 0 bridgehead atoms. The van der Waals surface area contributed by atoms with Gasteiger partial charge in [0.05, 0.1) is 11.9 Å². The van der Waals surface area contributed by atoms with E-state index in [1.807, 2.05) is 24.3 Å². The zero-order valence-electron chi connectivity index (χ0n) is 19.8. The van der Waals surface area contributed by atoms with Gasteiger partial charge in [0.2, 0.25) is 0 Å². The van der Waals surface area contributed by atoms with E-state index in [0.717, 1.165) is 81.4 Å². The van der Waals surface area contributed by atoms with E-state index in [1.54, 1.807) is 12.3 Å². The summed E-state index contributed by atoms with van der Waals surface area (Å²) >= 11 is 6.32. The Morgan fingerprint density at radius 3 is 2.59 bits per heavy atom. The van der Waals surface area contributed by atoms with Gasteiger partial charge in [-0.25, -0.2) is 10.4 Å². The van der Waals surface area contributed by atoms with E-state index in [2.05, 4.69) is 38.7 Å². The van der Waals surface area contributed by atoms with Crippen LogP contribution in [0.2, 0.25) is 5.02 Å². The van der Waals surface area contributed by atoms with Gasteiger partial charge in [-0.2, -0.15) is 5.10 Å². The number of ether oxygens (including phenoxy) is 1. The predicted octanol–water partition coefficient (Wildman–Crippen LogP) is 4.73. The maximum Gasteiger partial charge on any atom is 0.289 e. The minimum absolute atomic E-state index is 0.278. The summed E-state index contributed by atoms with van der Waals surface area (Å²) in [7, 11) is 0. The van der Waals surface area contributed by atoms with Gasteiger partial charge in [0.25, 0.3) is 5.91 Å². The van der Waals surface area contributed by atoms with Crippen LogP contribution in [0.5, 0.6) is 0 Å². The first-order valence-corrected chi connectivity index (χ1v) is 12.6. The Bertz CT molecular complexity index is 967. The van der Waals surface area contributed by atoms with Gasteiger partial charge >= 0.3 is 0 Å². The SMILES string of the molecule is CCC(=NNC(=O)c1ccc(NC2CCOCC2)cn1)C1CCN(Cc2ccccc2Cl)CC1. The highest BCUT2D eigenvalue weighted by atomic mass is 35.5. The maximum atomic E-state index is 12.6. The zero-order chi connectivity index (χ0) is 23.8. The summed E-state index contributed by atoms with van der Waals surface area (Å²) in [6.07, 6.45) is 6.54. The fraction of sp³-hybridized carbons (Fsp3) is 0.500. The van der Waals surface area contributed by atoms with Crippen LogP contribution in [0.15, 0.2) is 47.7 Å². The molecule has 2 fully saturated rings. The number of nitrogens with one attached hydrogen (secondary N) is 2. The molecule has 2 aromatic rings. The van der Waals surface area contributed by atoms with Crippen LogP contribution in [0.3, 0.4) is 0 Å². The van der Waals surface area contributed by atoms with Crippen molar-refractivity contribution in [2.45, 2.75) is 51.6 Å². The minimum Gasteiger partial charge on any atom is -0.381 e. The molecule has 182 valence electrons. The predicted molar refractivity (Wildman–Crippen MR) is 136 cm³/mol. The number of pyridine rings is 1. The summed E-state index contributed by atoms with van der Waals surface area (Å²) in [6.45, 7) is 6.51. The van der Waals surface area contributed by atoms with Crippen LogP contribution >= 0.6 is 11.6 Å². The summed E-state index contributed by atoms with van der Waals surface area (Å²) in [5.74, 6) is 0.103. The van der Waals surface area contributed by atoms with Crippen molar-refractivity contribution < 1.29 is 9.53 Å². The minimum atomic E-state index is -0.278. The molecule has 0 saturated carbocycles. The molecule has 34 heavy (non-hydrogen) atoms. The highest BCUT2D eigenvalue weighted by Crippen LogP contribution is 2.24. The van der Waals surface area contributed by atoms with Crippen molar-refractivity contribution in [2.75, 3.05) is 31.6 Å². The zero-order valence-corrected chi connectivity index (χ0v) is 20.6. The van der Waals surface area contributed by atoms with Crippen LogP contribution in [0.4, 0.5) is 5.69 Å². The van der Waals surface area contributed by atoms with Crippen LogP contribution in [0, 0.1) is 5.92 Å². The second-order valence-corrected chi connectivity index (χ2v) is 9.41. The van der Waals surface area contributed by atoms with Gasteiger partial charge in [0.1, 0.15) is 5.69 Å². The first kappa shape index (κ1) is 24.6. The van der Waals surface area contributed by atoms with Crippen LogP contribution in [-0.4, -0.2) is 53.8 Å². The lowest BCUT2D eigenvalue weighted by Gasteiger charge is -2.32. The normalized spacial score (nSPS) is 18.6. The molecule has 2 aliphatic rings. The lowest BCUT2D eigenvalue weighted by Crippen LogP contribution is -2.36.